The number of carbonyl (C=O) groups excluding carboxylic acids is 2. The van der Waals surface area contributed by atoms with Gasteiger partial charge in [0, 0.05) is 36.7 Å². The van der Waals surface area contributed by atoms with E-state index in [0.717, 1.165) is 0 Å². The number of carbonyl (C=O) groups is 2. The molecule has 2 amide bonds. The Balaban J connectivity index is 2.09. The van der Waals surface area contributed by atoms with Gasteiger partial charge in [0.25, 0.3) is 11.6 Å². The summed E-state index contributed by atoms with van der Waals surface area (Å²) in [5, 5.41) is 16.2. The zero-order valence-corrected chi connectivity index (χ0v) is 11.0. The molecular formula is C13H15N3O4. The van der Waals surface area contributed by atoms with Crippen molar-refractivity contribution in [1.29, 1.82) is 0 Å². The number of benzene rings is 1. The summed E-state index contributed by atoms with van der Waals surface area (Å²) in [6.45, 7) is 2.09. The molecule has 0 spiro atoms. The van der Waals surface area contributed by atoms with E-state index in [-0.39, 0.29) is 29.1 Å². The molecule has 7 nitrogen and oxygen atoms in total. The van der Waals surface area contributed by atoms with Crippen LogP contribution in [0.5, 0.6) is 0 Å². The van der Waals surface area contributed by atoms with Crippen LogP contribution in [0.25, 0.3) is 0 Å². The van der Waals surface area contributed by atoms with Crippen molar-refractivity contribution in [3.63, 3.8) is 0 Å². The van der Waals surface area contributed by atoms with Crippen LogP contribution in [0.2, 0.25) is 0 Å². The molecule has 0 aromatic heterocycles. The fourth-order valence-corrected chi connectivity index (χ4v) is 2.12. The second-order valence-electron chi connectivity index (χ2n) is 4.83. The third kappa shape index (κ3) is 3.31. The van der Waals surface area contributed by atoms with E-state index in [1.165, 1.54) is 12.1 Å². The zero-order chi connectivity index (χ0) is 14.7. The lowest BCUT2D eigenvalue weighted by Crippen LogP contribution is -2.47. The summed E-state index contributed by atoms with van der Waals surface area (Å²) in [5.41, 5.74) is 0.807. The molecule has 1 fully saturated rings. The highest BCUT2D eigenvalue weighted by molar-refractivity contribution is 5.95. The first-order chi connectivity index (χ1) is 9.45. The fraction of sp³-hybridized carbons (Fsp3) is 0.385. The molecule has 1 atom stereocenters. The Morgan fingerprint density at radius 3 is 2.80 bits per heavy atom. The normalized spacial score (nSPS) is 18.2. The Labute approximate surface area is 115 Å². The second kappa shape index (κ2) is 5.68. The lowest BCUT2D eigenvalue weighted by atomic mass is 10.1. The molecule has 1 unspecified atom stereocenters. The van der Waals surface area contributed by atoms with Crippen molar-refractivity contribution in [1.82, 2.24) is 10.6 Å². The molecule has 2 N–H and O–H groups in total. The highest BCUT2D eigenvalue weighted by atomic mass is 16.6. The predicted molar refractivity (Wildman–Crippen MR) is 71.3 cm³/mol. The molecule has 7 heteroatoms. The number of nitrogens with one attached hydrogen (secondary N) is 2. The molecule has 0 aliphatic carbocycles. The molecule has 0 saturated carbocycles. The topological polar surface area (TPSA) is 101 Å². The van der Waals surface area contributed by atoms with E-state index in [1.807, 2.05) is 0 Å². The first-order valence-electron chi connectivity index (χ1n) is 6.29. The third-order valence-electron chi connectivity index (χ3n) is 3.14. The number of amides is 2. The van der Waals surface area contributed by atoms with Crippen LogP contribution in [-0.4, -0.2) is 29.3 Å². The molecule has 2 rings (SSSR count). The largest absolute Gasteiger partial charge is 0.354 e. The number of non-ortho nitro benzene ring substituents is 1. The van der Waals surface area contributed by atoms with Crippen LogP contribution in [0.15, 0.2) is 18.2 Å². The molecule has 0 bridgehead atoms. The van der Waals surface area contributed by atoms with E-state index in [0.29, 0.717) is 24.9 Å². The van der Waals surface area contributed by atoms with Gasteiger partial charge in [-0.15, -0.1) is 0 Å². The molecule has 1 aliphatic heterocycles. The molecule has 1 saturated heterocycles. The predicted octanol–water partition coefficient (Wildman–Crippen LogP) is 0.912. The van der Waals surface area contributed by atoms with Gasteiger partial charge in [-0.25, -0.2) is 0 Å². The highest BCUT2D eigenvalue weighted by Gasteiger charge is 2.21. The number of hydrogen-bond donors (Lipinski definition) is 2. The Bertz CT molecular complexity index is 561. The van der Waals surface area contributed by atoms with Crippen molar-refractivity contribution in [2.75, 3.05) is 6.54 Å². The second-order valence-corrected chi connectivity index (χ2v) is 4.83. The number of nitro groups is 1. The number of hydrogen-bond acceptors (Lipinski definition) is 4. The van der Waals surface area contributed by atoms with Crippen LogP contribution in [0, 0.1) is 17.0 Å². The minimum absolute atomic E-state index is 0.0262. The van der Waals surface area contributed by atoms with Gasteiger partial charge in [-0.1, -0.05) is 0 Å². The van der Waals surface area contributed by atoms with Gasteiger partial charge in [0.1, 0.15) is 0 Å². The van der Waals surface area contributed by atoms with Crippen LogP contribution in [0.4, 0.5) is 5.69 Å². The maximum absolute atomic E-state index is 12.1. The first kappa shape index (κ1) is 14.0. The fourth-order valence-electron chi connectivity index (χ4n) is 2.12. The van der Waals surface area contributed by atoms with Crippen LogP contribution < -0.4 is 10.6 Å². The van der Waals surface area contributed by atoms with Gasteiger partial charge in [-0.05, 0) is 25.0 Å². The molecule has 1 aliphatic rings. The van der Waals surface area contributed by atoms with E-state index in [4.69, 9.17) is 0 Å². The van der Waals surface area contributed by atoms with Gasteiger partial charge in [-0.3, -0.25) is 19.7 Å². The van der Waals surface area contributed by atoms with Gasteiger partial charge >= 0.3 is 0 Å². The molecule has 0 radical (unpaired) electrons. The van der Waals surface area contributed by atoms with Crippen LogP contribution in [0.1, 0.15) is 28.8 Å². The average molecular weight is 277 g/mol. The Morgan fingerprint density at radius 1 is 1.45 bits per heavy atom. The van der Waals surface area contributed by atoms with E-state index < -0.39 is 4.92 Å². The minimum Gasteiger partial charge on any atom is -0.354 e. The summed E-state index contributed by atoms with van der Waals surface area (Å²) in [7, 11) is 0. The maximum Gasteiger partial charge on any atom is 0.270 e. The van der Waals surface area contributed by atoms with Gasteiger partial charge in [-0.2, -0.15) is 0 Å². The highest BCUT2D eigenvalue weighted by Crippen LogP contribution is 2.17. The smallest absolute Gasteiger partial charge is 0.270 e. The number of rotatable bonds is 3. The Morgan fingerprint density at radius 2 is 2.20 bits per heavy atom. The van der Waals surface area contributed by atoms with E-state index >= 15 is 0 Å². The Kier molecular flexibility index (Phi) is 3.97. The van der Waals surface area contributed by atoms with Gasteiger partial charge in [0.15, 0.2) is 0 Å². The summed E-state index contributed by atoms with van der Waals surface area (Å²) < 4.78 is 0. The maximum atomic E-state index is 12.1. The first-order valence-corrected chi connectivity index (χ1v) is 6.29. The number of piperidine rings is 1. The number of nitrogens with zero attached hydrogens (tertiary/aromatic N) is 1. The SMILES string of the molecule is Cc1cc(C(=O)NC2CCC(=O)NC2)cc([N+](=O)[O-])c1. The minimum atomic E-state index is -0.523. The summed E-state index contributed by atoms with van der Waals surface area (Å²) in [6, 6.07) is 4.13. The number of aryl methyl sites for hydroxylation is 1. The lowest BCUT2D eigenvalue weighted by Gasteiger charge is -2.23. The summed E-state index contributed by atoms with van der Waals surface area (Å²) in [5.74, 6) is -0.389. The molecular weight excluding hydrogens is 262 g/mol. The van der Waals surface area contributed by atoms with Crippen molar-refractivity contribution >= 4 is 17.5 Å². The van der Waals surface area contributed by atoms with Crippen molar-refractivity contribution in [2.45, 2.75) is 25.8 Å². The quantitative estimate of drug-likeness (QED) is 0.633. The van der Waals surface area contributed by atoms with Crippen molar-refractivity contribution < 1.29 is 14.5 Å². The molecule has 1 aromatic carbocycles. The van der Waals surface area contributed by atoms with Crippen molar-refractivity contribution in [3.8, 4) is 0 Å². The van der Waals surface area contributed by atoms with Crippen LogP contribution >= 0.6 is 0 Å². The van der Waals surface area contributed by atoms with Gasteiger partial charge in [0.2, 0.25) is 5.91 Å². The van der Waals surface area contributed by atoms with Crippen molar-refractivity contribution in [2.24, 2.45) is 0 Å². The molecule has 106 valence electrons. The van der Waals surface area contributed by atoms with Crippen molar-refractivity contribution in [3.05, 3.63) is 39.4 Å². The summed E-state index contributed by atoms with van der Waals surface area (Å²) in [6.07, 6.45) is 0.949. The Hall–Kier alpha value is -2.44. The van der Waals surface area contributed by atoms with Gasteiger partial charge in [0.05, 0.1) is 4.92 Å². The number of nitro benzene ring substituents is 1. The average Bonchev–Trinajstić information content (AvgIpc) is 2.40. The van der Waals surface area contributed by atoms with E-state index in [1.54, 1.807) is 13.0 Å². The molecule has 1 aromatic rings. The van der Waals surface area contributed by atoms with E-state index in [9.17, 15) is 19.7 Å². The van der Waals surface area contributed by atoms with Crippen LogP contribution in [-0.2, 0) is 4.79 Å². The standard InChI is InChI=1S/C13H15N3O4/c1-8-4-9(6-11(5-8)16(19)20)13(18)15-10-2-3-12(17)14-7-10/h4-6,10H,2-3,7H2,1H3,(H,14,17)(H,15,18). The zero-order valence-electron chi connectivity index (χ0n) is 11.0. The molecule has 1 heterocycles. The monoisotopic (exact) mass is 277 g/mol. The third-order valence-corrected chi connectivity index (χ3v) is 3.14. The summed E-state index contributed by atoms with van der Waals surface area (Å²) in [4.78, 5) is 33.4. The molecule has 20 heavy (non-hydrogen) atoms. The van der Waals surface area contributed by atoms with E-state index in [2.05, 4.69) is 10.6 Å². The van der Waals surface area contributed by atoms with Gasteiger partial charge < -0.3 is 10.6 Å². The summed E-state index contributed by atoms with van der Waals surface area (Å²) >= 11 is 0. The van der Waals surface area contributed by atoms with Crippen LogP contribution in [0.3, 0.4) is 0 Å². The lowest BCUT2D eigenvalue weighted by molar-refractivity contribution is -0.384.